The van der Waals surface area contributed by atoms with E-state index in [0.29, 0.717) is 5.96 Å². The number of rotatable bonds is 5. The van der Waals surface area contributed by atoms with Gasteiger partial charge >= 0.3 is 0 Å². The molecule has 0 radical (unpaired) electrons. The molecule has 7 heteroatoms. The van der Waals surface area contributed by atoms with Crippen LogP contribution in [0.4, 0.5) is 5.69 Å². The van der Waals surface area contributed by atoms with E-state index in [1.165, 1.54) is 5.56 Å². The van der Waals surface area contributed by atoms with Crippen LogP contribution in [-0.4, -0.2) is 75.3 Å². The highest BCUT2D eigenvalue weighted by Gasteiger charge is 2.28. The number of benzene rings is 1. The smallest absolute Gasteiger partial charge is 0.246 e. The highest BCUT2D eigenvalue weighted by atomic mass is 16.5. The molecule has 2 aliphatic rings. The van der Waals surface area contributed by atoms with E-state index in [2.05, 4.69) is 40.4 Å². The first-order valence-electron chi connectivity index (χ1n) is 9.67. The summed E-state index contributed by atoms with van der Waals surface area (Å²) in [5.74, 6) is 0.715. The molecule has 7 nitrogen and oxygen atoms in total. The number of guanidine groups is 1. The number of hydrogen-bond acceptors (Lipinski definition) is 4. The lowest BCUT2D eigenvalue weighted by atomic mass is 10.0. The molecule has 148 valence electrons. The fourth-order valence-corrected chi connectivity index (χ4v) is 3.65. The minimum Gasteiger partial charge on any atom is -0.379 e. The second-order valence-electron chi connectivity index (χ2n) is 7.62. The SMILES string of the molecule is CN=C(NCC(=O)N1CCc2ccccc21)NCC(C)(C)N1CCOCC1. The van der Waals surface area contributed by atoms with Crippen molar-refractivity contribution in [3.63, 3.8) is 0 Å². The number of para-hydroxylation sites is 1. The lowest BCUT2D eigenvalue weighted by Gasteiger charge is -2.41. The number of nitrogens with zero attached hydrogens (tertiary/aromatic N) is 3. The van der Waals surface area contributed by atoms with Crippen LogP contribution in [0.3, 0.4) is 0 Å². The van der Waals surface area contributed by atoms with Crippen molar-refractivity contribution in [3.8, 4) is 0 Å². The summed E-state index contributed by atoms with van der Waals surface area (Å²) >= 11 is 0. The van der Waals surface area contributed by atoms with Crippen LogP contribution in [0.2, 0.25) is 0 Å². The van der Waals surface area contributed by atoms with Crippen LogP contribution in [0.15, 0.2) is 29.3 Å². The van der Waals surface area contributed by atoms with E-state index in [-0.39, 0.29) is 18.0 Å². The maximum Gasteiger partial charge on any atom is 0.246 e. The Morgan fingerprint density at radius 1 is 1.19 bits per heavy atom. The second-order valence-corrected chi connectivity index (χ2v) is 7.62. The Kier molecular flexibility index (Phi) is 6.34. The summed E-state index contributed by atoms with van der Waals surface area (Å²) in [5, 5.41) is 6.51. The second kappa shape index (κ2) is 8.71. The van der Waals surface area contributed by atoms with Crippen molar-refractivity contribution in [1.29, 1.82) is 0 Å². The summed E-state index contributed by atoms with van der Waals surface area (Å²) in [7, 11) is 1.73. The molecule has 1 saturated heterocycles. The maximum absolute atomic E-state index is 12.6. The number of aliphatic imine (C=N–C) groups is 1. The van der Waals surface area contributed by atoms with Gasteiger partial charge in [0.15, 0.2) is 5.96 Å². The molecule has 1 aromatic rings. The van der Waals surface area contributed by atoms with Crippen molar-refractivity contribution in [1.82, 2.24) is 15.5 Å². The molecule has 1 aromatic carbocycles. The molecule has 0 aliphatic carbocycles. The Morgan fingerprint density at radius 3 is 2.67 bits per heavy atom. The van der Waals surface area contributed by atoms with Gasteiger partial charge in [-0.25, -0.2) is 0 Å². The summed E-state index contributed by atoms with van der Waals surface area (Å²) < 4.78 is 5.44. The third-order valence-electron chi connectivity index (χ3n) is 5.37. The fourth-order valence-electron chi connectivity index (χ4n) is 3.65. The minimum absolute atomic E-state index is 0.0146. The molecule has 0 bridgehead atoms. The summed E-state index contributed by atoms with van der Waals surface area (Å²) in [6.07, 6.45) is 0.919. The van der Waals surface area contributed by atoms with Gasteiger partial charge in [-0.2, -0.15) is 0 Å². The maximum atomic E-state index is 12.6. The van der Waals surface area contributed by atoms with Crippen molar-refractivity contribution in [2.24, 2.45) is 4.99 Å². The number of anilines is 1. The topological polar surface area (TPSA) is 69.2 Å². The van der Waals surface area contributed by atoms with Crippen molar-refractivity contribution < 1.29 is 9.53 Å². The van der Waals surface area contributed by atoms with Crippen LogP contribution in [0.25, 0.3) is 0 Å². The number of amides is 1. The number of carbonyl (C=O) groups excluding carboxylic acids is 1. The highest BCUT2D eigenvalue weighted by molar-refractivity contribution is 5.98. The largest absolute Gasteiger partial charge is 0.379 e. The first-order valence-corrected chi connectivity index (χ1v) is 9.67. The number of nitrogens with one attached hydrogen (secondary N) is 2. The van der Waals surface area contributed by atoms with Gasteiger partial charge in [-0.1, -0.05) is 18.2 Å². The lowest BCUT2D eigenvalue weighted by molar-refractivity contribution is -0.117. The van der Waals surface area contributed by atoms with Crippen LogP contribution < -0.4 is 15.5 Å². The first-order chi connectivity index (χ1) is 13.0. The van der Waals surface area contributed by atoms with Crippen molar-refractivity contribution >= 4 is 17.6 Å². The van der Waals surface area contributed by atoms with E-state index in [9.17, 15) is 4.79 Å². The molecule has 2 heterocycles. The van der Waals surface area contributed by atoms with Crippen LogP contribution in [0.5, 0.6) is 0 Å². The van der Waals surface area contributed by atoms with Gasteiger partial charge in [0, 0.05) is 44.5 Å². The standard InChI is InChI=1S/C20H31N5O2/c1-20(2,24-10-12-27-13-11-24)15-23-19(21-3)22-14-18(26)25-9-8-16-6-4-5-7-17(16)25/h4-7H,8-15H2,1-3H3,(H2,21,22,23). The fraction of sp³-hybridized carbons (Fsp3) is 0.600. The molecule has 1 fully saturated rings. The average Bonchev–Trinajstić information content (AvgIpc) is 3.13. The average molecular weight is 374 g/mol. The molecule has 0 aromatic heterocycles. The van der Waals surface area contributed by atoms with Gasteiger partial charge in [-0.3, -0.25) is 14.7 Å². The third-order valence-corrected chi connectivity index (χ3v) is 5.37. The number of carbonyl (C=O) groups is 1. The predicted octanol–water partition coefficient (Wildman–Crippen LogP) is 0.852. The minimum atomic E-state index is -0.0146. The van der Waals surface area contributed by atoms with Crippen molar-refractivity contribution in [2.45, 2.75) is 25.8 Å². The molecule has 0 saturated carbocycles. The normalized spacial score (nSPS) is 18.3. The molecule has 2 N–H and O–H groups in total. The van der Waals surface area contributed by atoms with E-state index in [1.54, 1.807) is 7.05 Å². The van der Waals surface area contributed by atoms with Crippen molar-refractivity contribution in [2.75, 3.05) is 57.9 Å². The first kappa shape index (κ1) is 19.6. The van der Waals surface area contributed by atoms with Gasteiger partial charge in [0.1, 0.15) is 0 Å². The summed E-state index contributed by atoms with van der Waals surface area (Å²) in [4.78, 5) is 21.2. The number of fused-ring (bicyclic) bond motifs is 1. The zero-order valence-electron chi connectivity index (χ0n) is 16.6. The van der Waals surface area contributed by atoms with Gasteiger partial charge < -0.3 is 20.3 Å². The molecule has 2 aliphatic heterocycles. The van der Waals surface area contributed by atoms with Gasteiger partial charge in [0.05, 0.1) is 19.8 Å². The van der Waals surface area contributed by atoms with E-state index < -0.39 is 0 Å². The number of hydrogen-bond donors (Lipinski definition) is 2. The Labute approximate surface area is 161 Å². The summed E-state index contributed by atoms with van der Waals surface area (Å²) in [6, 6.07) is 8.10. The van der Waals surface area contributed by atoms with E-state index in [4.69, 9.17) is 4.74 Å². The molecule has 0 spiro atoms. The Balaban J connectivity index is 1.49. The van der Waals surface area contributed by atoms with Gasteiger partial charge in [0.25, 0.3) is 0 Å². The van der Waals surface area contributed by atoms with Crippen LogP contribution in [0.1, 0.15) is 19.4 Å². The lowest BCUT2D eigenvalue weighted by Crippen LogP contribution is -2.57. The quantitative estimate of drug-likeness (QED) is 0.592. The molecule has 27 heavy (non-hydrogen) atoms. The van der Waals surface area contributed by atoms with Gasteiger partial charge in [-0.15, -0.1) is 0 Å². The van der Waals surface area contributed by atoms with Gasteiger partial charge in [-0.05, 0) is 31.9 Å². The zero-order chi connectivity index (χ0) is 19.3. The molecule has 0 atom stereocenters. The Bertz CT molecular complexity index is 683. The molecular weight excluding hydrogens is 342 g/mol. The monoisotopic (exact) mass is 373 g/mol. The zero-order valence-corrected chi connectivity index (χ0v) is 16.6. The number of morpholine rings is 1. The molecule has 1 amide bonds. The third kappa shape index (κ3) is 4.78. The predicted molar refractivity (Wildman–Crippen MR) is 108 cm³/mol. The summed E-state index contributed by atoms with van der Waals surface area (Å²) in [5.41, 5.74) is 2.25. The summed E-state index contributed by atoms with van der Waals surface area (Å²) in [6.45, 7) is 9.58. The number of ether oxygens (including phenoxy) is 1. The van der Waals surface area contributed by atoms with E-state index in [0.717, 1.165) is 51.5 Å². The van der Waals surface area contributed by atoms with Crippen LogP contribution in [-0.2, 0) is 16.0 Å². The van der Waals surface area contributed by atoms with Crippen molar-refractivity contribution in [3.05, 3.63) is 29.8 Å². The Hall–Kier alpha value is -2.12. The molecule has 0 unspecified atom stereocenters. The van der Waals surface area contributed by atoms with E-state index in [1.807, 2.05) is 23.1 Å². The molecular formula is C20H31N5O2. The Morgan fingerprint density at radius 2 is 1.93 bits per heavy atom. The molecule has 3 rings (SSSR count). The van der Waals surface area contributed by atoms with Crippen LogP contribution in [0, 0.1) is 0 Å². The van der Waals surface area contributed by atoms with Gasteiger partial charge in [0.2, 0.25) is 5.91 Å². The van der Waals surface area contributed by atoms with E-state index >= 15 is 0 Å². The highest BCUT2D eigenvalue weighted by Crippen LogP contribution is 2.27. The van der Waals surface area contributed by atoms with Crippen LogP contribution >= 0.6 is 0 Å².